The highest BCUT2D eigenvalue weighted by Gasteiger charge is 2.20. The first-order valence-corrected chi connectivity index (χ1v) is 7.26. The highest BCUT2D eigenvalue weighted by Crippen LogP contribution is 1.99. The highest BCUT2D eigenvalue weighted by molar-refractivity contribution is 7.98. The number of urea groups is 1. The van der Waals surface area contributed by atoms with Crippen LogP contribution in [0.5, 0.6) is 0 Å². The lowest BCUT2D eigenvalue weighted by molar-refractivity contribution is -0.139. The van der Waals surface area contributed by atoms with Crippen LogP contribution in [0.4, 0.5) is 4.79 Å². The number of carbonyl (C=O) groups is 2. The van der Waals surface area contributed by atoms with E-state index in [0.717, 1.165) is 12.2 Å². The lowest BCUT2D eigenvalue weighted by Crippen LogP contribution is -2.47. The van der Waals surface area contributed by atoms with Gasteiger partial charge in [0.15, 0.2) is 0 Å². The lowest BCUT2D eigenvalue weighted by atomic mass is 10.2. The van der Waals surface area contributed by atoms with E-state index in [1.54, 1.807) is 11.8 Å². The minimum absolute atomic E-state index is 0.174. The van der Waals surface area contributed by atoms with Gasteiger partial charge in [0.2, 0.25) is 0 Å². The SMILES string of the molecule is CSCCCNC(=O)N[C@@H](Cc1cnc[nH]1)C(=O)O. The highest BCUT2D eigenvalue weighted by atomic mass is 32.2. The van der Waals surface area contributed by atoms with E-state index in [9.17, 15) is 9.59 Å². The molecule has 0 aliphatic heterocycles. The summed E-state index contributed by atoms with van der Waals surface area (Å²) in [6.07, 6.45) is 6.02. The van der Waals surface area contributed by atoms with Crippen LogP contribution >= 0.6 is 11.8 Å². The molecule has 7 nitrogen and oxygen atoms in total. The molecule has 1 rings (SSSR count). The molecule has 1 aromatic heterocycles. The first-order valence-electron chi connectivity index (χ1n) is 5.87. The number of amides is 2. The third kappa shape index (κ3) is 6.14. The van der Waals surface area contributed by atoms with Crippen molar-refractivity contribution in [2.75, 3.05) is 18.6 Å². The topological polar surface area (TPSA) is 107 Å². The van der Waals surface area contributed by atoms with E-state index in [2.05, 4.69) is 20.6 Å². The standard InChI is InChI=1S/C11H18N4O3S/c1-19-4-2-3-13-11(18)15-9(10(16)17)5-8-6-12-7-14-8/h6-7,9H,2-5H2,1H3,(H,12,14)(H,16,17)(H2,13,15,18)/t9-/m0/s1. The molecule has 0 aromatic carbocycles. The summed E-state index contributed by atoms with van der Waals surface area (Å²) in [5.41, 5.74) is 0.662. The Morgan fingerprint density at radius 1 is 1.58 bits per heavy atom. The number of imidazole rings is 1. The van der Waals surface area contributed by atoms with E-state index in [-0.39, 0.29) is 6.42 Å². The third-order valence-corrected chi connectivity index (χ3v) is 3.09. The van der Waals surface area contributed by atoms with Crippen LogP contribution < -0.4 is 10.6 Å². The molecule has 0 unspecified atom stereocenters. The van der Waals surface area contributed by atoms with E-state index >= 15 is 0 Å². The molecule has 19 heavy (non-hydrogen) atoms. The van der Waals surface area contributed by atoms with Crippen LogP contribution in [0.2, 0.25) is 0 Å². The maximum Gasteiger partial charge on any atom is 0.326 e. The Morgan fingerprint density at radius 2 is 2.37 bits per heavy atom. The van der Waals surface area contributed by atoms with Crippen molar-refractivity contribution in [3.05, 3.63) is 18.2 Å². The number of hydrogen-bond donors (Lipinski definition) is 4. The number of rotatable bonds is 8. The second kappa shape index (κ2) is 8.41. The van der Waals surface area contributed by atoms with E-state index in [0.29, 0.717) is 12.2 Å². The van der Waals surface area contributed by atoms with Crippen LogP contribution in [0.15, 0.2) is 12.5 Å². The van der Waals surface area contributed by atoms with Gasteiger partial charge in [0, 0.05) is 24.9 Å². The second-order valence-corrected chi connectivity index (χ2v) is 4.90. The number of thioether (sulfide) groups is 1. The molecule has 1 aromatic rings. The van der Waals surface area contributed by atoms with Gasteiger partial charge in [-0.2, -0.15) is 11.8 Å². The molecule has 106 valence electrons. The normalized spacial score (nSPS) is 11.8. The van der Waals surface area contributed by atoms with Crippen molar-refractivity contribution in [3.8, 4) is 0 Å². The summed E-state index contributed by atoms with van der Waals surface area (Å²) in [4.78, 5) is 29.2. The molecule has 4 N–H and O–H groups in total. The van der Waals surface area contributed by atoms with Gasteiger partial charge in [0.25, 0.3) is 0 Å². The third-order valence-electron chi connectivity index (χ3n) is 2.39. The average molecular weight is 286 g/mol. The Hall–Kier alpha value is -1.70. The largest absolute Gasteiger partial charge is 0.480 e. The summed E-state index contributed by atoms with van der Waals surface area (Å²) in [5, 5.41) is 14.1. The van der Waals surface area contributed by atoms with Crippen molar-refractivity contribution in [2.45, 2.75) is 18.9 Å². The van der Waals surface area contributed by atoms with Crippen LogP contribution in [-0.4, -0.2) is 51.7 Å². The van der Waals surface area contributed by atoms with Crippen molar-refractivity contribution in [2.24, 2.45) is 0 Å². The second-order valence-electron chi connectivity index (χ2n) is 3.92. The molecule has 0 bridgehead atoms. The molecular weight excluding hydrogens is 268 g/mol. The molecule has 8 heteroatoms. The molecule has 0 radical (unpaired) electrons. The number of carboxylic acid groups (broad SMARTS) is 1. The Kier molecular flexibility index (Phi) is 6.80. The van der Waals surface area contributed by atoms with Gasteiger partial charge in [0.1, 0.15) is 6.04 Å². The van der Waals surface area contributed by atoms with Gasteiger partial charge in [-0.05, 0) is 18.4 Å². The number of hydrogen-bond acceptors (Lipinski definition) is 4. The summed E-state index contributed by atoms with van der Waals surface area (Å²) >= 11 is 1.70. The van der Waals surface area contributed by atoms with Gasteiger partial charge >= 0.3 is 12.0 Å². The molecule has 1 atom stereocenters. The van der Waals surface area contributed by atoms with Gasteiger partial charge in [-0.1, -0.05) is 0 Å². The summed E-state index contributed by atoms with van der Waals surface area (Å²) in [5.74, 6) is -0.120. The molecule has 0 saturated carbocycles. The fourth-order valence-corrected chi connectivity index (χ4v) is 1.88. The predicted molar refractivity (Wildman–Crippen MR) is 73.2 cm³/mol. The molecular formula is C11H18N4O3S. The van der Waals surface area contributed by atoms with Gasteiger partial charge in [0.05, 0.1) is 6.33 Å². The van der Waals surface area contributed by atoms with Gasteiger partial charge in [-0.15, -0.1) is 0 Å². The number of carbonyl (C=O) groups excluding carboxylic acids is 1. The molecule has 1 heterocycles. The van der Waals surface area contributed by atoms with Gasteiger partial charge in [-0.3, -0.25) is 0 Å². The van der Waals surface area contributed by atoms with Crippen LogP contribution in [0.3, 0.4) is 0 Å². The lowest BCUT2D eigenvalue weighted by Gasteiger charge is -2.14. The molecule has 0 aliphatic carbocycles. The Labute approximate surface area is 115 Å². The van der Waals surface area contributed by atoms with E-state index in [4.69, 9.17) is 5.11 Å². The maximum absolute atomic E-state index is 11.5. The maximum atomic E-state index is 11.5. The minimum Gasteiger partial charge on any atom is -0.480 e. The quantitative estimate of drug-likeness (QED) is 0.519. The molecule has 0 spiro atoms. The first kappa shape index (κ1) is 15.4. The Morgan fingerprint density at radius 3 is 2.95 bits per heavy atom. The summed E-state index contributed by atoms with van der Waals surface area (Å²) in [6.45, 7) is 0.531. The van der Waals surface area contributed by atoms with Crippen LogP contribution in [0, 0.1) is 0 Å². The molecule has 0 saturated heterocycles. The van der Waals surface area contributed by atoms with E-state index in [1.165, 1.54) is 12.5 Å². The fraction of sp³-hybridized carbons (Fsp3) is 0.545. The zero-order chi connectivity index (χ0) is 14.1. The Bertz CT molecular complexity index is 397. The van der Waals surface area contributed by atoms with Crippen molar-refractivity contribution >= 4 is 23.8 Å². The first-order chi connectivity index (χ1) is 9.13. The van der Waals surface area contributed by atoms with Crippen molar-refractivity contribution in [3.63, 3.8) is 0 Å². The van der Waals surface area contributed by atoms with Crippen LogP contribution in [0.25, 0.3) is 0 Å². The van der Waals surface area contributed by atoms with E-state index in [1.807, 2.05) is 6.26 Å². The number of nitrogens with one attached hydrogen (secondary N) is 3. The monoisotopic (exact) mass is 286 g/mol. The van der Waals surface area contributed by atoms with Crippen LogP contribution in [-0.2, 0) is 11.2 Å². The number of aromatic nitrogens is 2. The van der Waals surface area contributed by atoms with Crippen molar-refractivity contribution in [1.82, 2.24) is 20.6 Å². The van der Waals surface area contributed by atoms with Crippen molar-refractivity contribution in [1.29, 1.82) is 0 Å². The number of H-pyrrole nitrogens is 1. The van der Waals surface area contributed by atoms with E-state index < -0.39 is 18.0 Å². The smallest absolute Gasteiger partial charge is 0.326 e. The summed E-state index contributed by atoms with van der Waals surface area (Å²) in [6, 6.07) is -1.44. The number of nitrogens with zero attached hydrogens (tertiary/aromatic N) is 1. The number of carboxylic acids is 1. The summed E-state index contributed by atoms with van der Waals surface area (Å²) in [7, 11) is 0. The fourth-order valence-electron chi connectivity index (χ4n) is 1.44. The zero-order valence-electron chi connectivity index (χ0n) is 10.7. The van der Waals surface area contributed by atoms with Crippen LogP contribution in [0.1, 0.15) is 12.1 Å². The number of aromatic amines is 1. The zero-order valence-corrected chi connectivity index (χ0v) is 11.5. The number of aliphatic carboxylic acids is 1. The van der Waals surface area contributed by atoms with Gasteiger partial charge < -0.3 is 20.7 Å². The molecule has 2 amide bonds. The Balaban J connectivity index is 2.36. The minimum atomic E-state index is -1.08. The van der Waals surface area contributed by atoms with Gasteiger partial charge in [-0.25, -0.2) is 14.6 Å². The predicted octanol–water partition coefficient (Wildman–Crippen LogP) is 0.458. The average Bonchev–Trinajstić information content (AvgIpc) is 2.86. The summed E-state index contributed by atoms with van der Waals surface area (Å²) < 4.78 is 0. The molecule has 0 aliphatic rings. The molecule has 0 fully saturated rings. The van der Waals surface area contributed by atoms with Crippen molar-refractivity contribution < 1.29 is 14.7 Å².